The van der Waals surface area contributed by atoms with E-state index in [4.69, 9.17) is 4.74 Å². The fraction of sp³-hybridized carbons (Fsp3) is 0.400. The second kappa shape index (κ2) is 5.86. The molecule has 1 fully saturated rings. The number of nitrogens with one attached hydrogen (secondary N) is 1. The lowest BCUT2D eigenvalue weighted by atomic mass is 9.65. The van der Waals surface area contributed by atoms with Gasteiger partial charge in [-0.25, -0.2) is 0 Å². The minimum atomic E-state index is 0.177. The third-order valence-electron chi connectivity index (χ3n) is 5.37. The fourth-order valence-corrected chi connectivity index (χ4v) is 4.20. The fourth-order valence-electron chi connectivity index (χ4n) is 4.20. The van der Waals surface area contributed by atoms with Gasteiger partial charge < -0.3 is 10.1 Å². The van der Waals surface area contributed by atoms with Gasteiger partial charge in [-0.1, -0.05) is 54.6 Å². The van der Waals surface area contributed by atoms with Gasteiger partial charge in [0.05, 0.1) is 12.7 Å². The number of hydrogen-bond acceptors (Lipinski definition) is 2. The van der Waals surface area contributed by atoms with Crippen molar-refractivity contribution in [3.63, 3.8) is 0 Å². The number of rotatable bonds is 2. The van der Waals surface area contributed by atoms with Crippen molar-refractivity contribution in [2.24, 2.45) is 0 Å². The molecule has 1 N–H and O–H groups in total. The lowest BCUT2D eigenvalue weighted by Gasteiger charge is -2.48. The van der Waals surface area contributed by atoms with Crippen molar-refractivity contribution in [2.75, 3.05) is 13.1 Å². The molecule has 0 bridgehead atoms. The van der Waals surface area contributed by atoms with E-state index in [1.807, 2.05) is 0 Å². The van der Waals surface area contributed by atoms with Crippen molar-refractivity contribution in [3.05, 3.63) is 71.3 Å². The van der Waals surface area contributed by atoms with Crippen molar-refractivity contribution in [1.29, 1.82) is 0 Å². The van der Waals surface area contributed by atoms with Gasteiger partial charge in [0.1, 0.15) is 0 Å². The van der Waals surface area contributed by atoms with Gasteiger partial charge in [0, 0.05) is 5.41 Å². The first-order valence-electron chi connectivity index (χ1n) is 8.33. The average molecular weight is 293 g/mol. The van der Waals surface area contributed by atoms with Crippen molar-refractivity contribution in [2.45, 2.75) is 37.4 Å². The van der Waals surface area contributed by atoms with E-state index in [0.29, 0.717) is 0 Å². The van der Waals surface area contributed by atoms with Crippen LogP contribution in [-0.4, -0.2) is 19.2 Å². The van der Waals surface area contributed by atoms with Crippen molar-refractivity contribution in [3.8, 4) is 0 Å². The van der Waals surface area contributed by atoms with E-state index in [-0.39, 0.29) is 11.5 Å². The maximum absolute atomic E-state index is 6.37. The third kappa shape index (κ3) is 2.37. The molecule has 2 aliphatic rings. The summed E-state index contributed by atoms with van der Waals surface area (Å²) >= 11 is 0. The molecule has 1 unspecified atom stereocenters. The van der Waals surface area contributed by atoms with E-state index < -0.39 is 0 Å². The molecule has 2 aromatic rings. The maximum Gasteiger partial charge on any atom is 0.0724 e. The zero-order valence-electron chi connectivity index (χ0n) is 12.9. The smallest absolute Gasteiger partial charge is 0.0724 e. The van der Waals surface area contributed by atoms with Gasteiger partial charge in [0.25, 0.3) is 0 Å². The van der Waals surface area contributed by atoms with Crippen LogP contribution in [0.25, 0.3) is 0 Å². The van der Waals surface area contributed by atoms with Crippen LogP contribution in [0.3, 0.4) is 0 Å². The van der Waals surface area contributed by atoms with Crippen LogP contribution >= 0.6 is 0 Å². The summed E-state index contributed by atoms with van der Waals surface area (Å²) in [6.45, 7) is 2.93. The molecule has 2 heterocycles. The molecule has 22 heavy (non-hydrogen) atoms. The summed E-state index contributed by atoms with van der Waals surface area (Å²) in [5.41, 5.74) is 4.47. The van der Waals surface area contributed by atoms with Gasteiger partial charge >= 0.3 is 0 Å². The van der Waals surface area contributed by atoms with Crippen molar-refractivity contribution in [1.82, 2.24) is 5.32 Å². The molecule has 2 nitrogen and oxygen atoms in total. The number of ether oxygens (including phenoxy) is 1. The molecular formula is C20H23NO. The average Bonchev–Trinajstić information content (AvgIpc) is 2.60. The van der Waals surface area contributed by atoms with Crippen molar-refractivity contribution < 1.29 is 4.74 Å². The SMILES string of the molecule is c1ccc(CC2OCc3ccccc3C23CCNCC3)cc1. The first-order valence-corrected chi connectivity index (χ1v) is 8.33. The molecule has 1 spiro atoms. The van der Waals surface area contributed by atoms with Crippen LogP contribution in [0.4, 0.5) is 0 Å². The molecule has 0 aromatic heterocycles. The predicted octanol–water partition coefficient (Wildman–Crippen LogP) is 3.45. The van der Waals surface area contributed by atoms with Gasteiger partial charge in [-0.05, 0) is 49.0 Å². The number of hydrogen-bond donors (Lipinski definition) is 1. The summed E-state index contributed by atoms with van der Waals surface area (Å²) in [5, 5.41) is 3.52. The second-order valence-corrected chi connectivity index (χ2v) is 6.55. The number of fused-ring (bicyclic) bond motifs is 2. The Morgan fingerprint density at radius 1 is 0.955 bits per heavy atom. The molecule has 0 amide bonds. The maximum atomic E-state index is 6.37. The van der Waals surface area contributed by atoms with E-state index in [1.165, 1.54) is 29.5 Å². The van der Waals surface area contributed by atoms with Crippen LogP contribution in [0.2, 0.25) is 0 Å². The lowest BCUT2D eigenvalue weighted by molar-refractivity contribution is -0.0430. The third-order valence-corrected chi connectivity index (χ3v) is 5.37. The van der Waals surface area contributed by atoms with Crippen LogP contribution < -0.4 is 5.32 Å². The minimum Gasteiger partial charge on any atom is -0.372 e. The molecule has 0 saturated carbocycles. The normalized spacial score (nSPS) is 23.2. The molecule has 2 aromatic carbocycles. The Morgan fingerprint density at radius 2 is 1.68 bits per heavy atom. The Kier molecular flexibility index (Phi) is 3.73. The first-order chi connectivity index (χ1) is 10.9. The molecule has 1 atom stereocenters. The van der Waals surface area contributed by atoms with Gasteiger partial charge in [-0.3, -0.25) is 0 Å². The summed E-state index contributed by atoms with van der Waals surface area (Å²) in [5.74, 6) is 0. The molecule has 1 saturated heterocycles. The molecular weight excluding hydrogens is 270 g/mol. The first kappa shape index (κ1) is 14.0. The largest absolute Gasteiger partial charge is 0.372 e. The highest BCUT2D eigenvalue weighted by Crippen LogP contribution is 2.44. The highest BCUT2D eigenvalue weighted by molar-refractivity contribution is 5.38. The van der Waals surface area contributed by atoms with E-state index in [2.05, 4.69) is 59.9 Å². The van der Waals surface area contributed by atoms with Crippen LogP contribution in [-0.2, 0) is 23.2 Å². The van der Waals surface area contributed by atoms with E-state index in [1.54, 1.807) is 0 Å². The van der Waals surface area contributed by atoms with Crippen LogP contribution in [0.15, 0.2) is 54.6 Å². The molecule has 4 rings (SSSR count). The van der Waals surface area contributed by atoms with E-state index in [0.717, 1.165) is 26.1 Å². The predicted molar refractivity (Wildman–Crippen MR) is 88.9 cm³/mol. The minimum absolute atomic E-state index is 0.177. The van der Waals surface area contributed by atoms with Crippen molar-refractivity contribution >= 4 is 0 Å². The van der Waals surface area contributed by atoms with Gasteiger partial charge in [-0.2, -0.15) is 0 Å². The Morgan fingerprint density at radius 3 is 2.50 bits per heavy atom. The van der Waals surface area contributed by atoms with Gasteiger partial charge in [-0.15, -0.1) is 0 Å². The summed E-state index contributed by atoms with van der Waals surface area (Å²) in [7, 11) is 0. The highest BCUT2D eigenvalue weighted by Gasteiger charge is 2.45. The summed E-state index contributed by atoms with van der Waals surface area (Å²) in [4.78, 5) is 0. The summed E-state index contributed by atoms with van der Waals surface area (Å²) in [6, 6.07) is 19.7. The number of piperidine rings is 1. The molecule has 2 heteroatoms. The Hall–Kier alpha value is -1.64. The lowest BCUT2D eigenvalue weighted by Crippen LogP contribution is -2.52. The highest BCUT2D eigenvalue weighted by atomic mass is 16.5. The summed E-state index contributed by atoms with van der Waals surface area (Å²) in [6.07, 6.45) is 3.63. The van der Waals surface area contributed by atoms with Crippen LogP contribution in [0, 0.1) is 0 Å². The van der Waals surface area contributed by atoms with E-state index in [9.17, 15) is 0 Å². The van der Waals surface area contributed by atoms with Crippen LogP contribution in [0.1, 0.15) is 29.5 Å². The molecule has 2 aliphatic heterocycles. The molecule has 0 radical (unpaired) electrons. The van der Waals surface area contributed by atoms with Gasteiger partial charge in [0.2, 0.25) is 0 Å². The topological polar surface area (TPSA) is 21.3 Å². The molecule has 114 valence electrons. The zero-order chi connectivity index (χ0) is 14.8. The quantitative estimate of drug-likeness (QED) is 0.915. The zero-order valence-corrected chi connectivity index (χ0v) is 12.9. The van der Waals surface area contributed by atoms with Crippen LogP contribution in [0.5, 0.6) is 0 Å². The number of benzene rings is 2. The Bertz CT molecular complexity index is 631. The second-order valence-electron chi connectivity index (χ2n) is 6.55. The summed E-state index contributed by atoms with van der Waals surface area (Å²) < 4.78 is 6.37. The molecule has 0 aliphatic carbocycles. The van der Waals surface area contributed by atoms with E-state index >= 15 is 0 Å². The Balaban J connectivity index is 1.72. The monoisotopic (exact) mass is 293 g/mol. The Labute approximate surface area is 132 Å². The van der Waals surface area contributed by atoms with Gasteiger partial charge in [0.15, 0.2) is 0 Å². The standard InChI is InChI=1S/C20H23NO/c1-2-6-16(7-3-1)14-19-20(10-12-21-13-11-20)18-9-5-4-8-17(18)15-22-19/h1-9,19,21H,10-15H2.